The number of likely N-dealkylation sites (tertiary alicyclic amines) is 1. The summed E-state index contributed by atoms with van der Waals surface area (Å²) in [4.78, 5) is 4.88. The van der Waals surface area contributed by atoms with E-state index in [0.29, 0.717) is 12.1 Å². The minimum absolute atomic E-state index is 0.132. The van der Waals surface area contributed by atoms with Crippen LogP contribution >= 0.6 is 0 Å². The van der Waals surface area contributed by atoms with Crippen molar-refractivity contribution in [3.63, 3.8) is 0 Å². The molecule has 3 unspecified atom stereocenters. The van der Waals surface area contributed by atoms with Gasteiger partial charge in [0, 0.05) is 31.7 Å². The number of nitrogens with one attached hydrogen (secondary N) is 1. The van der Waals surface area contributed by atoms with Crippen LogP contribution in [-0.4, -0.2) is 73.4 Å². The SMILES string of the molecule is CN1CCCC(N(C)CC2CC(O)CN2)C1. The monoisotopic (exact) mass is 227 g/mol. The maximum atomic E-state index is 9.48. The molecule has 0 bridgehead atoms. The van der Waals surface area contributed by atoms with Crippen molar-refractivity contribution >= 4 is 0 Å². The van der Waals surface area contributed by atoms with Crippen molar-refractivity contribution in [3.8, 4) is 0 Å². The summed E-state index contributed by atoms with van der Waals surface area (Å²) in [6, 6.07) is 1.17. The van der Waals surface area contributed by atoms with Crippen molar-refractivity contribution in [2.24, 2.45) is 0 Å². The van der Waals surface area contributed by atoms with Gasteiger partial charge in [0.1, 0.15) is 0 Å². The van der Waals surface area contributed by atoms with Gasteiger partial charge in [0.2, 0.25) is 0 Å². The highest BCUT2D eigenvalue weighted by atomic mass is 16.3. The summed E-state index contributed by atoms with van der Waals surface area (Å²) in [5.41, 5.74) is 0. The van der Waals surface area contributed by atoms with E-state index in [2.05, 4.69) is 29.2 Å². The first-order chi connectivity index (χ1) is 7.65. The van der Waals surface area contributed by atoms with Crippen LogP contribution in [0.1, 0.15) is 19.3 Å². The van der Waals surface area contributed by atoms with Crippen molar-refractivity contribution in [2.75, 3.05) is 40.3 Å². The predicted molar refractivity (Wildman–Crippen MR) is 65.6 cm³/mol. The number of hydrogen-bond donors (Lipinski definition) is 2. The second-order valence-electron chi connectivity index (χ2n) is 5.49. The largest absolute Gasteiger partial charge is 0.392 e. The molecule has 0 saturated carbocycles. The molecule has 0 aromatic carbocycles. The smallest absolute Gasteiger partial charge is 0.0680 e. The molecule has 2 fully saturated rings. The van der Waals surface area contributed by atoms with Crippen LogP contribution < -0.4 is 5.32 Å². The first-order valence-corrected chi connectivity index (χ1v) is 6.45. The van der Waals surface area contributed by atoms with Gasteiger partial charge in [-0.25, -0.2) is 0 Å². The number of hydrogen-bond acceptors (Lipinski definition) is 4. The molecule has 0 aromatic rings. The van der Waals surface area contributed by atoms with Crippen LogP contribution in [0, 0.1) is 0 Å². The van der Waals surface area contributed by atoms with E-state index in [1.807, 2.05) is 0 Å². The van der Waals surface area contributed by atoms with Crippen LogP contribution in [0.15, 0.2) is 0 Å². The zero-order valence-electron chi connectivity index (χ0n) is 10.5. The Morgan fingerprint density at radius 2 is 2.31 bits per heavy atom. The molecule has 4 nitrogen and oxygen atoms in total. The van der Waals surface area contributed by atoms with Gasteiger partial charge >= 0.3 is 0 Å². The predicted octanol–water partition coefficient (Wildman–Crippen LogP) is -0.265. The molecule has 2 N–H and O–H groups in total. The highest BCUT2D eigenvalue weighted by Gasteiger charge is 2.27. The third-order valence-corrected chi connectivity index (χ3v) is 3.93. The first-order valence-electron chi connectivity index (χ1n) is 6.45. The van der Waals surface area contributed by atoms with E-state index in [-0.39, 0.29) is 6.10 Å². The Kier molecular flexibility index (Phi) is 4.19. The summed E-state index contributed by atoms with van der Waals surface area (Å²) in [7, 11) is 4.42. The number of likely N-dealkylation sites (N-methyl/N-ethyl adjacent to an activating group) is 2. The van der Waals surface area contributed by atoms with E-state index in [0.717, 1.165) is 19.5 Å². The molecule has 0 radical (unpaired) electrons. The highest BCUT2D eigenvalue weighted by molar-refractivity contribution is 4.86. The maximum Gasteiger partial charge on any atom is 0.0680 e. The fraction of sp³-hybridized carbons (Fsp3) is 1.00. The molecule has 2 rings (SSSR count). The Morgan fingerprint density at radius 1 is 1.50 bits per heavy atom. The molecule has 0 aromatic heterocycles. The minimum atomic E-state index is -0.132. The number of rotatable bonds is 3. The summed E-state index contributed by atoms with van der Waals surface area (Å²) >= 11 is 0. The molecule has 94 valence electrons. The second kappa shape index (κ2) is 5.45. The number of aliphatic hydroxyl groups is 1. The van der Waals surface area contributed by atoms with Crippen molar-refractivity contribution in [1.82, 2.24) is 15.1 Å². The van der Waals surface area contributed by atoms with Gasteiger partial charge in [0.15, 0.2) is 0 Å². The molecule has 2 aliphatic heterocycles. The van der Waals surface area contributed by atoms with E-state index in [1.54, 1.807) is 0 Å². The van der Waals surface area contributed by atoms with Gasteiger partial charge in [-0.3, -0.25) is 0 Å². The van der Waals surface area contributed by atoms with Gasteiger partial charge in [-0.1, -0.05) is 0 Å². The quantitative estimate of drug-likeness (QED) is 0.696. The topological polar surface area (TPSA) is 38.7 Å². The molecule has 2 heterocycles. The Hall–Kier alpha value is -0.160. The van der Waals surface area contributed by atoms with Gasteiger partial charge in [-0.05, 0) is 39.9 Å². The third-order valence-electron chi connectivity index (χ3n) is 3.93. The van der Waals surface area contributed by atoms with Crippen molar-refractivity contribution in [1.29, 1.82) is 0 Å². The maximum absolute atomic E-state index is 9.48. The lowest BCUT2D eigenvalue weighted by Gasteiger charge is -2.36. The van der Waals surface area contributed by atoms with Crippen LogP contribution in [0.2, 0.25) is 0 Å². The van der Waals surface area contributed by atoms with Crippen LogP contribution in [-0.2, 0) is 0 Å². The van der Waals surface area contributed by atoms with Gasteiger partial charge in [-0.15, -0.1) is 0 Å². The van der Waals surface area contributed by atoms with Crippen LogP contribution in [0.5, 0.6) is 0 Å². The Morgan fingerprint density at radius 3 is 2.94 bits per heavy atom. The molecule has 0 amide bonds. The third kappa shape index (κ3) is 3.17. The number of nitrogens with zero attached hydrogens (tertiary/aromatic N) is 2. The summed E-state index contributed by atoms with van der Waals surface area (Å²) < 4.78 is 0. The summed E-state index contributed by atoms with van der Waals surface area (Å²) in [6.07, 6.45) is 3.40. The van der Waals surface area contributed by atoms with E-state index >= 15 is 0 Å². The van der Waals surface area contributed by atoms with E-state index in [1.165, 1.54) is 25.9 Å². The average molecular weight is 227 g/mol. The molecule has 4 heteroatoms. The normalized spacial score (nSPS) is 37.1. The minimum Gasteiger partial charge on any atom is -0.392 e. The van der Waals surface area contributed by atoms with Gasteiger partial charge < -0.3 is 20.2 Å². The van der Waals surface area contributed by atoms with Crippen molar-refractivity contribution in [3.05, 3.63) is 0 Å². The molecule has 2 aliphatic rings. The molecule has 16 heavy (non-hydrogen) atoms. The lowest BCUT2D eigenvalue weighted by Crippen LogP contribution is -2.48. The molecule has 2 saturated heterocycles. The Labute approximate surface area is 98.6 Å². The number of β-amino-alcohol motifs (C(OH)–C–C–N with tert-alkyl or cyclic N) is 1. The zero-order valence-corrected chi connectivity index (χ0v) is 10.5. The molecule has 0 spiro atoms. The Balaban J connectivity index is 1.76. The first kappa shape index (κ1) is 12.3. The molecule has 3 atom stereocenters. The van der Waals surface area contributed by atoms with Crippen molar-refractivity contribution in [2.45, 2.75) is 37.5 Å². The van der Waals surface area contributed by atoms with E-state index in [4.69, 9.17) is 0 Å². The van der Waals surface area contributed by atoms with E-state index in [9.17, 15) is 5.11 Å². The number of piperidine rings is 1. The molecular weight excluding hydrogens is 202 g/mol. The number of aliphatic hydroxyl groups excluding tert-OH is 1. The van der Waals surface area contributed by atoms with Gasteiger partial charge in [0.25, 0.3) is 0 Å². The lowest BCUT2D eigenvalue weighted by molar-refractivity contribution is 0.124. The van der Waals surface area contributed by atoms with Crippen LogP contribution in [0.4, 0.5) is 0 Å². The van der Waals surface area contributed by atoms with Gasteiger partial charge in [-0.2, -0.15) is 0 Å². The Bertz CT molecular complexity index is 224. The van der Waals surface area contributed by atoms with Crippen molar-refractivity contribution < 1.29 is 5.11 Å². The van der Waals surface area contributed by atoms with Crippen LogP contribution in [0.25, 0.3) is 0 Å². The fourth-order valence-electron chi connectivity index (χ4n) is 2.93. The summed E-state index contributed by atoms with van der Waals surface area (Å²) in [5.74, 6) is 0. The second-order valence-corrected chi connectivity index (χ2v) is 5.49. The zero-order chi connectivity index (χ0) is 11.5. The highest BCUT2D eigenvalue weighted by Crippen LogP contribution is 2.15. The molecule has 0 aliphatic carbocycles. The summed E-state index contributed by atoms with van der Waals surface area (Å²) in [6.45, 7) is 4.26. The molecular formula is C12H25N3O. The fourth-order valence-corrected chi connectivity index (χ4v) is 2.93. The lowest BCUT2D eigenvalue weighted by atomic mass is 10.0. The van der Waals surface area contributed by atoms with E-state index < -0.39 is 0 Å². The standard InChI is InChI=1S/C12H25N3O/c1-14-5-3-4-11(9-14)15(2)8-10-6-12(16)7-13-10/h10-13,16H,3-9H2,1-2H3. The van der Waals surface area contributed by atoms with Gasteiger partial charge in [0.05, 0.1) is 6.10 Å². The van der Waals surface area contributed by atoms with Crippen LogP contribution in [0.3, 0.4) is 0 Å². The average Bonchev–Trinajstić information content (AvgIpc) is 2.64. The summed E-state index contributed by atoms with van der Waals surface area (Å²) in [5, 5.41) is 12.9.